The normalized spacial score (nSPS) is 11.3. The van der Waals surface area contributed by atoms with E-state index in [9.17, 15) is 18.0 Å². The van der Waals surface area contributed by atoms with E-state index in [-0.39, 0.29) is 13.1 Å². The number of rotatable bonds is 4. The van der Waals surface area contributed by atoms with Crippen LogP contribution in [0.5, 0.6) is 0 Å². The first-order chi connectivity index (χ1) is 7.95. The third-order valence-electron chi connectivity index (χ3n) is 2.33. The van der Waals surface area contributed by atoms with Crippen molar-refractivity contribution in [2.24, 2.45) is 0 Å². The number of halogens is 3. The lowest BCUT2D eigenvalue weighted by Crippen LogP contribution is -2.42. The number of pyridine rings is 1. The van der Waals surface area contributed by atoms with Crippen LogP contribution in [-0.4, -0.2) is 35.1 Å². The second kappa shape index (κ2) is 5.65. The Bertz CT molecular complexity index is 365. The quantitative estimate of drug-likeness (QED) is 0.814. The lowest BCUT2D eigenvalue weighted by atomic mass is 10.2. The van der Waals surface area contributed by atoms with Crippen molar-refractivity contribution in [2.45, 2.75) is 19.5 Å². The molecule has 3 nitrogen and oxygen atoms in total. The van der Waals surface area contributed by atoms with E-state index in [0.29, 0.717) is 6.42 Å². The molecule has 0 bridgehead atoms. The highest BCUT2D eigenvalue weighted by atomic mass is 19.4. The first-order valence-corrected chi connectivity index (χ1v) is 5.20. The zero-order valence-electron chi connectivity index (χ0n) is 9.37. The molecule has 0 fully saturated rings. The summed E-state index contributed by atoms with van der Waals surface area (Å²) < 4.78 is 36.6. The molecule has 1 rings (SSSR count). The number of aromatic nitrogens is 1. The lowest BCUT2D eigenvalue weighted by molar-refractivity contribution is -0.185. The Morgan fingerprint density at radius 3 is 2.41 bits per heavy atom. The van der Waals surface area contributed by atoms with Gasteiger partial charge < -0.3 is 4.90 Å². The van der Waals surface area contributed by atoms with E-state index in [1.54, 1.807) is 24.5 Å². The molecule has 0 unspecified atom stereocenters. The lowest BCUT2D eigenvalue weighted by Gasteiger charge is -2.21. The molecular weight excluding hydrogens is 233 g/mol. The number of nitrogens with zero attached hydrogens (tertiary/aromatic N) is 2. The second-order valence-electron chi connectivity index (χ2n) is 3.49. The van der Waals surface area contributed by atoms with Gasteiger partial charge in [-0.25, -0.2) is 0 Å². The van der Waals surface area contributed by atoms with Crippen LogP contribution in [0.3, 0.4) is 0 Å². The average Bonchev–Trinajstić information content (AvgIpc) is 2.30. The van der Waals surface area contributed by atoms with Crippen molar-refractivity contribution in [2.75, 3.05) is 13.1 Å². The van der Waals surface area contributed by atoms with Gasteiger partial charge in [0.15, 0.2) is 0 Å². The zero-order chi connectivity index (χ0) is 12.9. The van der Waals surface area contributed by atoms with Gasteiger partial charge in [-0.2, -0.15) is 13.2 Å². The molecule has 0 N–H and O–H groups in total. The van der Waals surface area contributed by atoms with Crippen molar-refractivity contribution in [3.8, 4) is 0 Å². The fraction of sp³-hybridized carbons (Fsp3) is 0.455. The van der Waals surface area contributed by atoms with Crippen LogP contribution < -0.4 is 0 Å². The van der Waals surface area contributed by atoms with Crippen molar-refractivity contribution in [1.82, 2.24) is 9.88 Å². The summed E-state index contributed by atoms with van der Waals surface area (Å²) in [6, 6.07) is 3.43. The van der Waals surface area contributed by atoms with E-state index in [4.69, 9.17) is 0 Å². The Morgan fingerprint density at radius 1 is 1.35 bits per heavy atom. The number of alkyl halides is 3. The van der Waals surface area contributed by atoms with E-state index >= 15 is 0 Å². The molecule has 0 aliphatic heterocycles. The minimum atomic E-state index is -4.80. The molecule has 1 aromatic rings. The summed E-state index contributed by atoms with van der Waals surface area (Å²) in [5, 5.41) is 0. The summed E-state index contributed by atoms with van der Waals surface area (Å²) in [6.45, 7) is 1.62. The predicted molar refractivity (Wildman–Crippen MR) is 56.3 cm³/mol. The van der Waals surface area contributed by atoms with Gasteiger partial charge in [0, 0.05) is 25.5 Å². The highest BCUT2D eigenvalue weighted by Crippen LogP contribution is 2.18. The Kier molecular flexibility index (Phi) is 4.48. The third-order valence-corrected chi connectivity index (χ3v) is 2.33. The van der Waals surface area contributed by atoms with E-state index in [1.165, 1.54) is 6.92 Å². The molecule has 0 aliphatic carbocycles. The van der Waals surface area contributed by atoms with Crippen LogP contribution in [0.1, 0.15) is 12.5 Å². The molecule has 94 valence electrons. The maximum atomic E-state index is 12.2. The van der Waals surface area contributed by atoms with Crippen LogP contribution in [0.15, 0.2) is 24.5 Å². The number of carbonyl (C=O) groups excluding carboxylic acids is 1. The van der Waals surface area contributed by atoms with Crippen LogP contribution in [0.25, 0.3) is 0 Å². The molecule has 0 aliphatic rings. The maximum Gasteiger partial charge on any atom is 0.471 e. The Balaban J connectivity index is 2.57. The number of hydrogen-bond donors (Lipinski definition) is 0. The van der Waals surface area contributed by atoms with Gasteiger partial charge in [0.05, 0.1) is 0 Å². The first-order valence-electron chi connectivity index (χ1n) is 5.20. The topological polar surface area (TPSA) is 33.2 Å². The summed E-state index contributed by atoms with van der Waals surface area (Å²) in [4.78, 5) is 15.6. The van der Waals surface area contributed by atoms with Crippen LogP contribution >= 0.6 is 0 Å². The van der Waals surface area contributed by atoms with Gasteiger partial charge in [0.25, 0.3) is 0 Å². The van der Waals surface area contributed by atoms with Crippen molar-refractivity contribution in [1.29, 1.82) is 0 Å². The highest BCUT2D eigenvalue weighted by Gasteiger charge is 2.41. The fourth-order valence-corrected chi connectivity index (χ4v) is 1.40. The molecule has 0 aromatic carbocycles. The van der Waals surface area contributed by atoms with E-state index in [0.717, 1.165) is 10.5 Å². The number of amides is 1. The molecule has 0 radical (unpaired) electrons. The number of likely N-dealkylation sites (N-methyl/N-ethyl adjacent to an activating group) is 1. The molecule has 0 saturated carbocycles. The number of hydrogen-bond acceptors (Lipinski definition) is 2. The van der Waals surface area contributed by atoms with Gasteiger partial charge in [0.2, 0.25) is 0 Å². The Morgan fingerprint density at radius 2 is 1.94 bits per heavy atom. The molecular formula is C11H13F3N2O. The molecule has 0 atom stereocenters. The van der Waals surface area contributed by atoms with Crippen molar-refractivity contribution >= 4 is 5.91 Å². The number of carbonyl (C=O) groups is 1. The largest absolute Gasteiger partial charge is 0.471 e. The van der Waals surface area contributed by atoms with E-state index in [1.807, 2.05) is 0 Å². The van der Waals surface area contributed by atoms with Gasteiger partial charge in [-0.15, -0.1) is 0 Å². The highest BCUT2D eigenvalue weighted by molar-refractivity contribution is 5.81. The summed E-state index contributed by atoms with van der Waals surface area (Å²) >= 11 is 0. The molecule has 1 amide bonds. The first kappa shape index (κ1) is 13.5. The van der Waals surface area contributed by atoms with Gasteiger partial charge in [-0.1, -0.05) is 0 Å². The summed E-state index contributed by atoms with van der Waals surface area (Å²) in [6.07, 6.45) is -1.28. The van der Waals surface area contributed by atoms with Crippen LogP contribution in [0.2, 0.25) is 0 Å². The average molecular weight is 246 g/mol. The van der Waals surface area contributed by atoms with Crippen LogP contribution in [0, 0.1) is 0 Å². The van der Waals surface area contributed by atoms with E-state index in [2.05, 4.69) is 4.98 Å². The summed E-state index contributed by atoms with van der Waals surface area (Å²) in [5.74, 6) is -1.78. The monoisotopic (exact) mass is 246 g/mol. The van der Waals surface area contributed by atoms with E-state index < -0.39 is 12.1 Å². The van der Waals surface area contributed by atoms with Crippen LogP contribution in [-0.2, 0) is 11.2 Å². The van der Waals surface area contributed by atoms with Crippen molar-refractivity contribution < 1.29 is 18.0 Å². The Labute approximate surface area is 97.3 Å². The fourth-order valence-electron chi connectivity index (χ4n) is 1.40. The van der Waals surface area contributed by atoms with Crippen molar-refractivity contribution in [3.05, 3.63) is 30.1 Å². The predicted octanol–water partition coefficient (Wildman–Crippen LogP) is 2.03. The summed E-state index contributed by atoms with van der Waals surface area (Å²) in [7, 11) is 0. The standard InChI is InChI=1S/C11H13F3N2O/c1-2-16(10(17)11(12,13)14)8-5-9-3-6-15-7-4-9/h3-4,6-7H,2,5,8H2,1H3. The smallest absolute Gasteiger partial charge is 0.335 e. The maximum absolute atomic E-state index is 12.2. The van der Waals surface area contributed by atoms with Crippen LogP contribution in [0.4, 0.5) is 13.2 Å². The zero-order valence-corrected chi connectivity index (χ0v) is 9.37. The molecule has 17 heavy (non-hydrogen) atoms. The molecule has 0 saturated heterocycles. The van der Waals surface area contributed by atoms with Gasteiger partial charge in [-0.05, 0) is 31.0 Å². The molecule has 0 spiro atoms. The van der Waals surface area contributed by atoms with Gasteiger partial charge >= 0.3 is 12.1 Å². The minimum absolute atomic E-state index is 0.0451. The van der Waals surface area contributed by atoms with Gasteiger partial charge in [0.1, 0.15) is 0 Å². The minimum Gasteiger partial charge on any atom is -0.335 e. The van der Waals surface area contributed by atoms with Crippen molar-refractivity contribution in [3.63, 3.8) is 0 Å². The van der Waals surface area contributed by atoms with Gasteiger partial charge in [-0.3, -0.25) is 9.78 Å². The Hall–Kier alpha value is -1.59. The molecule has 1 aromatic heterocycles. The molecule has 6 heteroatoms. The summed E-state index contributed by atoms with van der Waals surface area (Å²) in [5.41, 5.74) is 0.855. The second-order valence-corrected chi connectivity index (χ2v) is 3.49. The third kappa shape index (κ3) is 4.05. The molecule has 1 heterocycles. The SMILES string of the molecule is CCN(CCc1ccncc1)C(=O)C(F)(F)F.